The molecule has 0 saturated heterocycles. The molecule has 1 aromatic carbocycles. The lowest BCUT2D eigenvalue weighted by molar-refractivity contribution is 0.272. The molecule has 4 heteroatoms. The van der Waals surface area contributed by atoms with Gasteiger partial charge in [-0.3, -0.25) is 4.90 Å². The lowest BCUT2D eigenvalue weighted by Gasteiger charge is -2.20. The molecule has 0 atom stereocenters. The minimum atomic E-state index is 0.774. The number of nitrogens with two attached hydrogens (primary N) is 1. The molecule has 0 aliphatic rings. The first kappa shape index (κ1) is 17.5. The number of nitrogens with zero attached hydrogens (tertiary/aromatic N) is 3. The van der Waals surface area contributed by atoms with Gasteiger partial charge in [0, 0.05) is 24.0 Å². The Morgan fingerprint density at radius 2 is 2.00 bits per heavy atom. The number of anilines is 1. The van der Waals surface area contributed by atoms with Crippen molar-refractivity contribution in [1.29, 1.82) is 0 Å². The topological polar surface area (TPSA) is 46.6 Å². The summed E-state index contributed by atoms with van der Waals surface area (Å²) in [7, 11) is 0. The molecule has 0 unspecified atom stereocenters. The third kappa shape index (κ3) is 3.69. The molecule has 0 spiro atoms. The number of hydrogen-bond donors (Lipinski definition) is 1. The zero-order valence-electron chi connectivity index (χ0n) is 15.5. The van der Waals surface area contributed by atoms with Crippen molar-refractivity contribution in [1.82, 2.24) is 14.3 Å². The Kier molecular flexibility index (Phi) is 5.39. The molecule has 4 nitrogen and oxygen atoms in total. The number of imidazole rings is 1. The largest absolute Gasteiger partial charge is 0.399 e. The molecule has 0 aliphatic heterocycles. The van der Waals surface area contributed by atoms with Crippen LogP contribution in [0.3, 0.4) is 0 Å². The lowest BCUT2D eigenvalue weighted by Crippen LogP contribution is -2.25. The van der Waals surface area contributed by atoms with Crippen molar-refractivity contribution in [2.45, 2.75) is 40.2 Å². The van der Waals surface area contributed by atoms with Crippen LogP contribution in [0.2, 0.25) is 0 Å². The quantitative estimate of drug-likeness (QED) is 0.646. The van der Waals surface area contributed by atoms with Crippen molar-refractivity contribution in [3.05, 3.63) is 53.9 Å². The average Bonchev–Trinajstić information content (AvgIpc) is 2.98. The Labute approximate surface area is 150 Å². The Bertz CT molecular complexity index is 850. The van der Waals surface area contributed by atoms with E-state index in [-0.39, 0.29) is 0 Å². The Balaban J connectivity index is 2.10. The molecule has 2 heterocycles. The van der Waals surface area contributed by atoms with Crippen molar-refractivity contribution in [3.63, 3.8) is 0 Å². The van der Waals surface area contributed by atoms with E-state index in [4.69, 9.17) is 10.7 Å². The summed E-state index contributed by atoms with van der Waals surface area (Å²) < 4.78 is 2.24. The number of aryl methyl sites for hydroxylation is 1. The second-order valence-corrected chi connectivity index (χ2v) is 6.64. The van der Waals surface area contributed by atoms with Gasteiger partial charge in [-0.05, 0) is 50.2 Å². The van der Waals surface area contributed by atoms with Crippen LogP contribution in [0.5, 0.6) is 0 Å². The molecule has 0 radical (unpaired) electrons. The number of nitrogen functional groups attached to an aromatic ring is 1. The number of unbranched alkanes of at least 4 members (excludes halogenated alkanes) is 1. The van der Waals surface area contributed by atoms with E-state index in [2.05, 4.69) is 54.5 Å². The molecule has 0 fully saturated rings. The van der Waals surface area contributed by atoms with Crippen molar-refractivity contribution < 1.29 is 0 Å². The van der Waals surface area contributed by atoms with Crippen LogP contribution in [0.25, 0.3) is 16.9 Å². The molecule has 2 aromatic heterocycles. The highest BCUT2D eigenvalue weighted by molar-refractivity contribution is 5.70. The molecule has 0 saturated carbocycles. The fourth-order valence-electron chi connectivity index (χ4n) is 3.26. The Morgan fingerprint density at radius 3 is 2.72 bits per heavy atom. The molecule has 0 aliphatic carbocycles. The lowest BCUT2D eigenvalue weighted by atomic mass is 10.1. The van der Waals surface area contributed by atoms with Gasteiger partial charge in [0.05, 0.1) is 11.4 Å². The van der Waals surface area contributed by atoms with E-state index in [1.807, 2.05) is 18.2 Å². The number of pyridine rings is 1. The molecule has 132 valence electrons. The van der Waals surface area contributed by atoms with Gasteiger partial charge in [0.1, 0.15) is 5.65 Å². The number of fused-ring (bicyclic) bond motifs is 1. The highest BCUT2D eigenvalue weighted by Crippen LogP contribution is 2.28. The van der Waals surface area contributed by atoms with Crippen LogP contribution in [0.1, 0.15) is 37.9 Å². The van der Waals surface area contributed by atoms with Gasteiger partial charge in [-0.1, -0.05) is 38.5 Å². The maximum atomic E-state index is 6.02. The molecular weight excluding hydrogens is 308 g/mol. The van der Waals surface area contributed by atoms with Crippen LogP contribution < -0.4 is 5.73 Å². The maximum absolute atomic E-state index is 6.02. The smallest absolute Gasteiger partial charge is 0.140 e. The van der Waals surface area contributed by atoms with Gasteiger partial charge in [0.25, 0.3) is 0 Å². The van der Waals surface area contributed by atoms with E-state index in [9.17, 15) is 0 Å². The summed E-state index contributed by atoms with van der Waals surface area (Å²) in [6.45, 7) is 9.63. The van der Waals surface area contributed by atoms with Crippen LogP contribution in [-0.2, 0) is 6.54 Å². The number of aromatic nitrogens is 2. The summed E-state index contributed by atoms with van der Waals surface area (Å²) in [5.74, 6) is 0. The molecule has 25 heavy (non-hydrogen) atoms. The summed E-state index contributed by atoms with van der Waals surface area (Å²) in [4.78, 5) is 7.46. The summed E-state index contributed by atoms with van der Waals surface area (Å²) in [5, 5.41) is 0. The summed E-state index contributed by atoms with van der Waals surface area (Å²) in [6, 6.07) is 12.2. The van der Waals surface area contributed by atoms with E-state index in [1.165, 1.54) is 24.1 Å². The van der Waals surface area contributed by atoms with E-state index < -0.39 is 0 Å². The SMILES string of the molecule is CCCCN(CC)Cc1c(-c2cccc(N)c2)nc2c(C)cccn12. The minimum Gasteiger partial charge on any atom is -0.399 e. The zero-order chi connectivity index (χ0) is 17.8. The van der Waals surface area contributed by atoms with E-state index in [0.717, 1.165) is 42.2 Å². The van der Waals surface area contributed by atoms with Crippen LogP contribution in [0.15, 0.2) is 42.6 Å². The molecular formula is C21H28N4. The minimum absolute atomic E-state index is 0.774. The normalized spacial score (nSPS) is 11.5. The predicted molar refractivity (Wildman–Crippen MR) is 106 cm³/mol. The van der Waals surface area contributed by atoms with E-state index in [1.54, 1.807) is 0 Å². The summed E-state index contributed by atoms with van der Waals surface area (Å²) in [5.41, 5.74) is 12.4. The maximum Gasteiger partial charge on any atom is 0.140 e. The summed E-state index contributed by atoms with van der Waals surface area (Å²) >= 11 is 0. The second-order valence-electron chi connectivity index (χ2n) is 6.64. The average molecular weight is 336 g/mol. The first-order valence-corrected chi connectivity index (χ1v) is 9.18. The second kappa shape index (κ2) is 7.70. The molecule has 2 N–H and O–H groups in total. The van der Waals surface area contributed by atoms with Gasteiger partial charge < -0.3 is 10.1 Å². The van der Waals surface area contributed by atoms with Gasteiger partial charge in [0.2, 0.25) is 0 Å². The highest BCUT2D eigenvalue weighted by Gasteiger charge is 2.17. The fraction of sp³-hybridized carbons (Fsp3) is 0.381. The van der Waals surface area contributed by atoms with Crippen molar-refractivity contribution in [2.75, 3.05) is 18.8 Å². The monoisotopic (exact) mass is 336 g/mol. The fourth-order valence-corrected chi connectivity index (χ4v) is 3.26. The van der Waals surface area contributed by atoms with Crippen molar-refractivity contribution in [2.24, 2.45) is 0 Å². The van der Waals surface area contributed by atoms with Crippen molar-refractivity contribution >= 4 is 11.3 Å². The predicted octanol–water partition coefficient (Wildman–Crippen LogP) is 4.51. The van der Waals surface area contributed by atoms with Crippen molar-refractivity contribution in [3.8, 4) is 11.3 Å². The molecule has 0 bridgehead atoms. The van der Waals surface area contributed by atoms with E-state index >= 15 is 0 Å². The zero-order valence-corrected chi connectivity index (χ0v) is 15.5. The Hall–Kier alpha value is -2.33. The highest BCUT2D eigenvalue weighted by atomic mass is 15.1. The van der Waals surface area contributed by atoms with E-state index in [0.29, 0.717) is 0 Å². The summed E-state index contributed by atoms with van der Waals surface area (Å²) in [6.07, 6.45) is 4.55. The van der Waals surface area contributed by atoms with Crippen LogP contribution in [-0.4, -0.2) is 27.4 Å². The number of benzene rings is 1. The van der Waals surface area contributed by atoms with Crippen LogP contribution in [0, 0.1) is 6.92 Å². The molecule has 0 amide bonds. The number of hydrogen-bond acceptors (Lipinski definition) is 3. The molecule has 3 rings (SSSR count). The van der Waals surface area contributed by atoms with Gasteiger partial charge in [0.15, 0.2) is 0 Å². The molecule has 3 aromatic rings. The Morgan fingerprint density at radius 1 is 1.16 bits per heavy atom. The van der Waals surface area contributed by atoms with Gasteiger partial charge in [-0.25, -0.2) is 4.98 Å². The first-order valence-electron chi connectivity index (χ1n) is 9.18. The van der Waals surface area contributed by atoms with Gasteiger partial charge in [-0.2, -0.15) is 0 Å². The standard InChI is InChI=1S/C21H28N4/c1-4-6-12-24(5-2)15-19-20(17-10-7-11-18(22)14-17)23-21-16(3)9-8-13-25(19)21/h7-11,13-14H,4-6,12,15,22H2,1-3H3. The first-order chi connectivity index (χ1) is 12.1. The van der Waals surface area contributed by atoms with Crippen LogP contribution >= 0.6 is 0 Å². The number of rotatable bonds is 7. The van der Waals surface area contributed by atoms with Crippen LogP contribution in [0.4, 0.5) is 5.69 Å². The third-order valence-corrected chi connectivity index (χ3v) is 4.75. The third-order valence-electron chi connectivity index (χ3n) is 4.75. The van der Waals surface area contributed by atoms with Gasteiger partial charge >= 0.3 is 0 Å². The van der Waals surface area contributed by atoms with Gasteiger partial charge in [-0.15, -0.1) is 0 Å².